The topological polar surface area (TPSA) is 111 Å². The van der Waals surface area contributed by atoms with Gasteiger partial charge >= 0.3 is 6.03 Å². The molecular weight excluding hydrogens is 276 g/mol. The molecule has 0 saturated carbocycles. The molecule has 0 radical (unpaired) electrons. The number of carbonyl (C=O) groups is 1. The van der Waals surface area contributed by atoms with Gasteiger partial charge in [0.15, 0.2) is 0 Å². The van der Waals surface area contributed by atoms with Crippen molar-refractivity contribution in [3.05, 3.63) is 34.4 Å². The zero-order valence-corrected chi connectivity index (χ0v) is 11.7. The maximum absolute atomic E-state index is 12.1. The molecule has 1 heterocycles. The molecule has 0 aliphatic carbocycles. The van der Waals surface area contributed by atoms with Crippen molar-refractivity contribution in [1.29, 1.82) is 0 Å². The van der Waals surface area contributed by atoms with Gasteiger partial charge < -0.3 is 20.7 Å². The Morgan fingerprint density at radius 2 is 2.19 bits per heavy atom. The molecule has 1 aliphatic rings. The van der Waals surface area contributed by atoms with Crippen molar-refractivity contribution < 1.29 is 14.5 Å². The number of rotatable bonds is 3. The molecule has 2 amide bonds. The number of amides is 2. The summed E-state index contributed by atoms with van der Waals surface area (Å²) in [5.74, 6) is 0. The SMILES string of the molecule is CC(N)C1CN(C(=O)Nc2ccc([N+](=O)[O-])cc2)CCO1. The number of nitrogens with one attached hydrogen (secondary N) is 1. The predicted molar refractivity (Wildman–Crippen MR) is 77.1 cm³/mol. The third-order valence-electron chi connectivity index (χ3n) is 3.30. The van der Waals surface area contributed by atoms with E-state index in [0.29, 0.717) is 25.4 Å². The van der Waals surface area contributed by atoms with Crippen molar-refractivity contribution in [3.8, 4) is 0 Å². The van der Waals surface area contributed by atoms with Crippen molar-refractivity contribution >= 4 is 17.4 Å². The van der Waals surface area contributed by atoms with Crippen molar-refractivity contribution in [1.82, 2.24) is 4.90 Å². The Morgan fingerprint density at radius 3 is 2.76 bits per heavy atom. The first-order chi connectivity index (χ1) is 9.97. The quantitative estimate of drug-likeness (QED) is 0.642. The fraction of sp³-hybridized carbons (Fsp3) is 0.462. The number of nitro groups is 1. The fourth-order valence-electron chi connectivity index (χ4n) is 2.05. The highest BCUT2D eigenvalue weighted by molar-refractivity contribution is 5.89. The number of benzene rings is 1. The number of urea groups is 1. The molecular formula is C13H18N4O4. The zero-order valence-electron chi connectivity index (χ0n) is 11.7. The second-order valence-electron chi connectivity index (χ2n) is 4.95. The van der Waals surface area contributed by atoms with Crippen LogP contribution < -0.4 is 11.1 Å². The Balaban J connectivity index is 1.96. The van der Waals surface area contributed by atoms with E-state index in [1.165, 1.54) is 24.3 Å². The van der Waals surface area contributed by atoms with Gasteiger partial charge in [0.25, 0.3) is 5.69 Å². The Hall–Kier alpha value is -2.19. The van der Waals surface area contributed by atoms with Crippen LogP contribution >= 0.6 is 0 Å². The summed E-state index contributed by atoms with van der Waals surface area (Å²) < 4.78 is 5.49. The van der Waals surface area contributed by atoms with E-state index in [0.717, 1.165) is 0 Å². The first-order valence-corrected chi connectivity index (χ1v) is 6.65. The number of hydrogen-bond acceptors (Lipinski definition) is 5. The average molecular weight is 294 g/mol. The van der Waals surface area contributed by atoms with Gasteiger partial charge in [-0.1, -0.05) is 0 Å². The van der Waals surface area contributed by atoms with Gasteiger partial charge in [-0.2, -0.15) is 0 Å². The zero-order chi connectivity index (χ0) is 15.4. The van der Waals surface area contributed by atoms with Gasteiger partial charge in [-0.15, -0.1) is 0 Å². The van der Waals surface area contributed by atoms with E-state index in [9.17, 15) is 14.9 Å². The van der Waals surface area contributed by atoms with Gasteiger partial charge in [0.05, 0.1) is 24.2 Å². The molecule has 2 rings (SSSR count). The molecule has 114 valence electrons. The van der Waals surface area contributed by atoms with Crippen molar-refractivity contribution in [3.63, 3.8) is 0 Å². The molecule has 21 heavy (non-hydrogen) atoms. The van der Waals surface area contributed by atoms with Crippen LogP contribution in [0.25, 0.3) is 0 Å². The number of nitro benzene ring substituents is 1. The van der Waals surface area contributed by atoms with Crippen LogP contribution in [0.15, 0.2) is 24.3 Å². The number of anilines is 1. The van der Waals surface area contributed by atoms with Crippen LogP contribution in [-0.4, -0.2) is 47.7 Å². The van der Waals surface area contributed by atoms with Crippen molar-refractivity contribution in [2.45, 2.75) is 19.1 Å². The fourth-order valence-corrected chi connectivity index (χ4v) is 2.05. The first-order valence-electron chi connectivity index (χ1n) is 6.65. The Bertz CT molecular complexity index is 517. The molecule has 0 aromatic heterocycles. The first kappa shape index (κ1) is 15.2. The van der Waals surface area contributed by atoms with Crippen LogP contribution in [0.3, 0.4) is 0 Å². The van der Waals surface area contributed by atoms with Gasteiger partial charge in [-0.05, 0) is 19.1 Å². The minimum absolute atomic E-state index is 0.0172. The van der Waals surface area contributed by atoms with Gasteiger partial charge in [0, 0.05) is 30.4 Å². The second-order valence-corrected chi connectivity index (χ2v) is 4.95. The summed E-state index contributed by atoms with van der Waals surface area (Å²) in [7, 11) is 0. The molecule has 1 aliphatic heterocycles. The highest BCUT2D eigenvalue weighted by atomic mass is 16.6. The maximum Gasteiger partial charge on any atom is 0.322 e. The van der Waals surface area contributed by atoms with Crippen LogP contribution in [0, 0.1) is 10.1 Å². The van der Waals surface area contributed by atoms with E-state index in [4.69, 9.17) is 10.5 Å². The molecule has 1 aromatic carbocycles. The van der Waals surface area contributed by atoms with E-state index in [2.05, 4.69) is 5.32 Å². The summed E-state index contributed by atoms with van der Waals surface area (Å²) in [6.45, 7) is 3.20. The lowest BCUT2D eigenvalue weighted by Crippen LogP contribution is -2.52. The Morgan fingerprint density at radius 1 is 1.52 bits per heavy atom. The highest BCUT2D eigenvalue weighted by Gasteiger charge is 2.26. The lowest BCUT2D eigenvalue weighted by atomic mass is 10.1. The molecule has 3 N–H and O–H groups in total. The summed E-state index contributed by atoms with van der Waals surface area (Å²) in [6, 6.07) is 5.27. The van der Waals surface area contributed by atoms with Crippen molar-refractivity contribution in [2.24, 2.45) is 5.73 Å². The minimum Gasteiger partial charge on any atom is -0.373 e. The van der Waals surface area contributed by atoms with E-state index in [-0.39, 0.29) is 23.9 Å². The van der Waals surface area contributed by atoms with Crippen LogP contribution in [-0.2, 0) is 4.74 Å². The average Bonchev–Trinajstić information content (AvgIpc) is 2.48. The standard InChI is InChI=1S/C13H18N4O4/c1-9(14)12-8-16(6-7-21-12)13(18)15-10-2-4-11(5-3-10)17(19)20/h2-5,9,12H,6-8,14H2,1H3,(H,15,18). The lowest BCUT2D eigenvalue weighted by Gasteiger charge is -2.34. The summed E-state index contributed by atoms with van der Waals surface area (Å²) in [5, 5.41) is 13.3. The Kier molecular flexibility index (Phi) is 4.71. The predicted octanol–water partition coefficient (Wildman–Crippen LogP) is 1.17. The third-order valence-corrected chi connectivity index (χ3v) is 3.30. The van der Waals surface area contributed by atoms with Crippen molar-refractivity contribution in [2.75, 3.05) is 25.0 Å². The maximum atomic E-state index is 12.1. The molecule has 2 unspecified atom stereocenters. The molecule has 0 bridgehead atoms. The van der Waals surface area contributed by atoms with E-state index in [1.54, 1.807) is 4.90 Å². The largest absolute Gasteiger partial charge is 0.373 e. The summed E-state index contributed by atoms with van der Waals surface area (Å²) in [5.41, 5.74) is 6.27. The van der Waals surface area contributed by atoms with Crippen LogP contribution in [0.1, 0.15) is 6.92 Å². The van der Waals surface area contributed by atoms with E-state index in [1.807, 2.05) is 6.92 Å². The van der Waals surface area contributed by atoms with E-state index < -0.39 is 4.92 Å². The summed E-state index contributed by atoms with van der Waals surface area (Å²) >= 11 is 0. The minimum atomic E-state index is -0.485. The van der Waals surface area contributed by atoms with Crippen LogP contribution in [0.2, 0.25) is 0 Å². The summed E-state index contributed by atoms with van der Waals surface area (Å²) in [4.78, 5) is 23.8. The lowest BCUT2D eigenvalue weighted by molar-refractivity contribution is -0.384. The molecule has 8 nitrogen and oxygen atoms in total. The molecule has 1 fully saturated rings. The smallest absolute Gasteiger partial charge is 0.322 e. The van der Waals surface area contributed by atoms with Gasteiger partial charge in [-0.25, -0.2) is 4.79 Å². The number of ether oxygens (including phenoxy) is 1. The monoisotopic (exact) mass is 294 g/mol. The second kappa shape index (κ2) is 6.51. The van der Waals surface area contributed by atoms with Crippen LogP contribution in [0.4, 0.5) is 16.2 Å². The number of non-ortho nitro benzene ring substituents is 1. The summed E-state index contributed by atoms with van der Waals surface area (Å²) in [6.07, 6.45) is -0.179. The molecule has 1 aromatic rings. The van der Waals surface area contributed by atoms with Gasteiger partial charge in [0.2, 0.25) is 0 Å². The molecule has 1 saturated heterocycles. The van der Waals surface area contributed by atoms with Gasteiger partial charge in [0.1, 0.15) is 0 Å². The molecule has 0 spiro atoms. The Labute approximate surface area is 122 Å². The van der Waals surface area contributed by atoms with E-state index >= 15 is 0 Å². The number of nitrogens with two attached hydrogens (primary N) is 1. The van der Waals surface area contributed by atoms with Crippen LogP contribution in [0.5, 0.6) is 0 Å². The number of nitrogens with zero attached hydrogens (tertiary/aromatic N) is 2. The normalized spacial score (nSPS) is 19.9. The van der Waals surface area contributed by atoms with Gasteiger partial charge in [-0.3, -0.25) is 10.1 Å². The molecule has 8 heteroatoms. The third kappa shape index (κ3) is 3.89. The molecule has 2 atom stereocenters. The number of hydrogen-bond donors (Lipinski definition) is 2. The highest BCUT2D eigenvalue weighted by Crippen LogP contribution is 2.16. The number of carbonyl (C=O) groups excluding carboxylic acids is 1. The number of morpholine rings is 1.